The van der Waals surface area contributed by atoms with Gasteiger partial charge in [0, 0.05) is 37.0 Å². The van der Waals surface area contributed by atoms with Gasteiger partial charge in [0.05, 0.1) is 0 Å². The van der Waals surface area contributed by atoms with Crippen molar-refractivity contribution in [3.8, 4) is 0 Å². The predicted octanol–water partition coefficient (Wildman–Crippen LogP) is 3.25. The Balaban J connectivity index is 1.81. The number of guanidine groups is 1. The number of nitrogens with zero attached hydrogens (tertiary/aromatic N) is 3. The maximum Gasteiger partial charge on any atom is 0.226 e. The molecule has 0 fully saturated rings. The van der Waals surface area contributed by atoms with Gasteiger partial charge in [0.1, 0.15) is 5.82 Å². The average Bonchev–Trinajstić information content (AvgIpc) is 2.99. The van der Waals surface area contributed by atoms with Gasteiger partial charge in [-0.25, -0.2) is 4.39 Å². The number of hydrogen-bond donors (Lipinski definition) is 2. The van der Waals surface area contributed by atoms with Crippen molar-refractivity contribution in [2.75, 3.05) is 20.1 Å². The van der Waals surface area contributed by atoms with E-state index in [-0.39, 0.29) is 11.2 Å². The van der Waals surface area contributed by atoms with Crippen molar-refractivity contribution in [1.82, 2.24) is 20.8 Å². The molecule has 0 saturated carbocycles. The molecule has 0 atom stereocenters. The lowest BCUT2D eigenvalue weighted by atomic mass is 9.84. The number of hydrogen-bond acceptors (Lipinski definition) is 4. The molecule has 0 aliphatic carbocycles. The molecule has 0 saturated heterocycles. The van der Waals surface area contributed by atoms with E-state index in [1.807, 2.05) is 13.8 Å². The lowest BCUT2D eigenvalue weighted by Gasteiger charge is -2.27. The van der Waals surface area contributed by atoms with Gasteiger partial charge in [0.25, 0.3) is 0 Å². The first-order chi connectivity index (χ1) is 12.3. The molecule has 1 heterocycles. The minimum atomic E-state index is -0.337. The summed E-state index contributed by atoms with van der Waals surface area (Å²) in [5.74, 6) is 1.64. The molecular weight excluding hydrogens is 357 g/mol. The van der Waals surface area contributed by atoms with Gasteiger partial charge in [-0.1, -0.05) is 36.7 Å². The summed E-state index contributed by atoms with van der Waals surface area (Å²) < 4.78 is 18.3. The highest BCUT2D eigenvalue weighted by Gasteiger charge is 2.24. The molecule has 8 heteroatoms. The molecule has 0 unspecified atom stereocenters. The zero-order chi connectivity index (χ0) is 19.2. The van der Waals surface area contributed by atoms with Crippen molar-refractivity contribution in [2.45, 2.75) is 39.0 Å². The van der Waals surface area contributed by atoms with Crippen LogP contribution < -0.4 is 10.6 Å². The van der Waals surface area contributed by atoms with E-state index < -0.39 is 0 Å². The Morgan fingerprint density at radius 1 is 1.35 bits per heavy atom. The second-order valence-corrected chi connectivity index (χ2v) is 7.11. The van der Waals surface area contributed by atoms with Crippen LogP contribution in [0.4, 0.5) is 4.39 Å². The topological polar surface area (TPSA) is 75.3 Å². The van der Waals surface area contributed by atoms with E-state index in [1.165, 1.54) is 12.1 Å². The van der Waals surface area contributed by atoms with Crippen LogP contribution in [-0.4, -0.2) is 36.2 Å². The Labute approximate surface area is 158 Å². The summed E-state index contributed by atoms with van der Waals surface area (Å²) >= 11 is 6.19. The molecule has 2 rings (SSSR count). The molecule has 2 N–H and O–H groups in total. The van der Waals surface area contributed by atoms with Crippen LogP contribution >= 0.6 is 11.6 Å². The Bertz CT molecular complexity index is 760. The maximum absolute atomic E-state index is 13.3. The van der Waals surface area contributed by atoms with Crippen LogP contribution in [0.5, 0.6) is 0 Å². The molecule has 0 amide bonds. The van der Waals surface area contributed by atoms with Crippen LogP contribution in [0.25, 0.3) is 0 Å². The van der Waals surface area contributed by atoms with Gasteiger partial charge in [-0.3, -0.25) is 4.99 Å². The Hall–Kier alpha value is -2.15. The first-order valence-corrected chi connectivity index (χ1v) is 8.89. The lowest BCUT2D eigenvalue weighted by molar-refractivity contribution is 0.372. The highest BCUT2D eigenvalue weighted by molar-refractivity contribution is 6.31. The maximum atomic E-state index is 13.3. The van der Waals surface area contributed by atoms with Crippen molar-refractivity contribution >= 4 is 17.6 Å². The summed E-state index contributed by atoms with van der Waals surface area (Å²) in [5, 5.41) is 10.7. The smallest absolute Gasteiger partial charge is 0.226 e. The van der Waals surface area contributed by atoms with Gasteiger partial charge >= 0.3 is 0 Å². The number of aliphatic imine (C=N–C) groups is 1. The van der Waals surface area contributed by atoms with Gasteiger partial charge in [-0.05, 0) is 31.0 Å². The van der Waals surface area contributed by atoms with Gasteiger partial charge in [-0.15, -0.1) is 0 Å². The molecule has 2 aromatic rings. The Morgan fingerprint density at radius 3 is 2.73 bits per heavy atom. The second-order valence-electron chi connectivity index (χ2n) is 6.70. The fourth-order valence-electron chi connectivity index (χ4n) is 2.55. The molecular formula is C18H25ClFN5O. The third-order valence-corrected chi connectivity index (χ3v) is 4.32. The van der Waals surface area contributed by atoms with Gasteiger partial charge in [0.2, 0.25) is 5.89 Å². The molecule has 0 aliphatic heterocycles. The Kier molecular flexibility index (Phi) is 6.97. The largest absolute Gasteiger partial charge is 0.356 e. The van der Waals surface area contributed by atoms with E-state index in [0.29, 0.717) is 35.7 Å². The van der Waals surface area contributed by atoms with E-state index >= 15 is 0 Å². The lowest BCUT2D eigenvalue weighted by Crippen LogP contribution is -2.43. The SMILES string of the molecule is CN=C(NCCCc1nc(C)no1)NCC(C)(C)c1ccc(F)cc1Cl. The quantitative estimate of drug-likeness (QED) is 0.437. The second kappa shape index (κ2) is 8.98. The third-order valence-electron chi connectivity index (χ3n) is 4.01. The van der Waals surface area contributed by atoms with Crippen LogP contribution in [0.3, 0.4) is 0 Å². The van der Waals surface area contributed by atoms with E-state index in [2.05, 4.69) is 25.8 Å². The molecule has 0 spiro atoms. The zero-order valence-electron chi connectivity index (χ0n) is 15.6. The third kappa shape index (κ3) is 5.69. The van der Waals surface area contributed by atoms with Crippen LogP contribution in [0.2, 0.25) is 5.02 Å². The van der Waals surface area contributed by atoms with Crippen molar-refractivity contribution in [3.05, 3.63) is 46.3 Å². The summed E-state index contributed by atoms with van der Waals surface area (Å²) in [6, 6.07) is 4.49. The molecule has 26 heavy (non-hydrogen) atoms. The average molecular weight is 382 g/mol. The fraction of sp³-hybridized carbons (Fsp3) is 0.500. The molecule has 6 nitrogen and oxygen atoms in total. The molecule has 1 aromatic carbocycles. The summed E-state index contributed by atoms with van der Waals surface area (Å²) in [7, 11) is 1.72. The molecule has 0 aliphatic rings. The summed E-state index contributed by atoms with van der Waals surface area (Å²) in [5.41, 5.74) is 0.597. The number of aryl methyl sites for hydroxylation is 2. The first kappa shape index (κ1) is 20.2. The number of aromatic nitrogens is 2. The van der Waals surface area contributed by atoms with Crippen LogP contribution in [0, 0.1) is 12.7 Å². The molecule has 142 valence electrons. The standard InChI is InChI=1S/C18H25ClFN5O/c1-12-24-16(26-25-12)6-5-9-22-17(21-4)23-11-18(2,3)14-8-7-13(20)10-15(14)19/h7-8,10H,5-6,9,11H2,1-4H3,(H2,21,22,23). The summed E-state index contributed by atoms with van der Waals surface area (Å²) in [4.78, 5) is 8.39. The Morgan fingerprint density at radius 2 is 2.12 bits per heavy atom. The number of halogens is 2. The monoisotopic (exact) mass is 381 g/mol. The number of nitrogens with one attached hydrogen (secondary N) is 2. The van der Waals surface area contributed by atoms with Crippen LogP contribution in [0.1, 0.15) is 37.5 Å². The first-order valence-electron chi connectivity index (χ1n) is 8.51. The molecule has 0 bridgehead atoms. The number of benzene rings is 1. The highest BCUT2D eigenvalue weighted by Crippen LogP contribution is 2.29. The number of rotatable bonds is 7. The zero-order valence-corrected chi connectivity index (χ0v) is 16.3. The highest BCUT2D eigenvalue weighted by atomic mass is 35.5. The van der Waals surface area contributed by atoms with E-state index in [9.17, 15) is 4.39 Å². The summed E-state index contributed by atoms with van der Waals surface area (Å²) in [6.45, 7) is 7.21. The van der Waals surface area contributed by atoms with E-state index in [4.69, 9.17) is 16.1 Å². The minimum Gasteiger partial charge on any atom is -0.356 e. The van der Waals surface area contributed by atoms with E-state index in [1.54, 1.807) is 20.0 Å². The predicted molar refractivity (Wildman–Crippen MR) is 101 cm³/mol. The van der Waals surface area contributed by atoms with Crippen molar-refractivity contribution in [1.29, 1.82) is 0 Å². The van der Waals surface area contributed by atoms with E-state index in [0.717, 1.165) is 18.5 Å². The van der Waals surface area contributed by atoms with Crippen molar-refractivity contribution < 1.29 is 8.91 Å². The normalized spacial score (nSPS) is 12.3. The van der Waals surface area contributed by atoms with Gasteiger partial charge in [-0.2, -0.15) is 4.98 Å². The fourth-order valence-corrected chi connectivity index (χ4v) is 2.97. The molecule has 1 aromatic heterocycles. The molecule has 0 radical (unpaired) electrons. The van der Waals surface area contributed by atoms with Crippen LogP contribution in [-0.2, 0) is 11.8 Å². The summed E-state index contributed by atoms with van der Waals surface area (Å²) in [6.07, 6.45) is 1.55. The minimum absolute atomic E-state index is 0.288. The van der Waals surface area contributed by atoms with Gasteiger partial charge in [0.15, 0.2) is 11.8 Å². The van der Waals surface area contributed by atoms with Gasteiger partial charge < -0.3 is 15.2 Å². The van der Waals surface area contributed by atoms with Crippen molar-refractivity contribution in [3.63, 3.8) is 0 Å². The van der Waals surface area contributed by atoms with Crippen LogP contribution in [0.15, 0.2) is 27.7 Å². The van der Waals surface area contributed by atoms with Crippen molar-refractivity contribution in [2.24, 2.45) is 4.99 Å².